The molecule has 0 radical (unpaired) electrons. The molecule has 0 aliphatic heterocycles. The molecule has 4 heteroatoms. The van der Waals surface area contributed by atoms with E-state index >= 15 is 0 Å². The zero-order valence-corrected chi connectivity index (χ0v) is 8.98. The number of primary amides is 1. The van der Waals surface area contributed by atoms with Crippen LogP contribution in [-0.2, 0) is 9.63 Å². The van der Waals surface area contributed by atoms with Crippen molar-refractivity contribution in [3.05, 3.63) is 12.2 Å². The Bertz CT molecular complexity index is 278. The first kappa shape index (κ1) is 10.6. The van der Waals surface area contributed by atoms with Gasteiger partial charge in [-0.1, -0.05) is 12.2 Å². The molecular formula is C11H18N2O2. The van der Waals surface area contributed by atoms with E-state index in [0.29, 0.717) is 11.8 Å². The molecule has 3 N–H and O–H groups in total. The molecule has 1 fully saturated rings. The Labute approximate surface area is 89.8 Å². The highest BCUT2D eigenvalue weighted by Crippen LogP contribution is 2.44. The van der Waals surface area contributed by atoms with Gasteiger partial charge in [-0.25, -0.2) is 0 Å². The van der Waals surface area contributed by atoms with Gasteiger partial charge in [-0.15, -0.1) is 0 Å². The van der Waals surface area contributed by atoms with Gasteiger partial charge in [0, 0.05) is 6.04 Å². The quantitative estimate of drug-likeness (QED) is 0.515. The molecule has 4 unspecified atom stereocenters. The van der Waals surface area contributed by atoms with Gasteiger partial charge in [-0.05, 0) is 37.5 Å². The number of hydrogen-bond acceptors (Lipinski definition) is 3. The maximum atomic E-state index is 10.5. The monoisotopic (exact) mass is 210 g/mol. The van der Waals surface area contributed by atoms with E-state index in [1.165, 1.54) is 12.8 Å². The molecule has 0 aromatic carbocycles. The predicted molar refractivity (Wildman–Crippen MR) is 56.6 cm³/mol. The van der Waals surface area contributed by atoms with Crippen LogP contribution in [0.5, 0.6) is 0 Å². The van der Waals surface area contributed by atoms with Gasteiger partial charge >= 0.3 is 0 Å². The van der Waals surface area contributed by atoms with Crippen molar-refractivity contribution in [3.8, 4) is 0 Å². The molecule has 2 aliphatic carbocycles. The third-order valence-corrected chi connectivity index (χ3v) is 3.46. The van der Waals surface area contributed by atoms with E-state index in [0.717, 1.165) is 5.92 Å². The number of allylic oxidation sites excluding steroid dienone is 2. The standard InChI is InChI=1S/C11H18N2O2/c1-7(13-15-6-11(12)14)10-5-8-2-3-9(10)4-8/h2-3,7-10,13H,4-6H2,1H3,(H2,12,14). The first-order valence-corrected chi connectivity index (χ1v) is 5.50. The van der Waals surface area contributed by atoms with Crippen molar-refractivity contribution in [2.45, 2.75) is 25.8 Å². The van der Waals surface area contributed by atoms with Gasteiger partial charge in [-0.2, -0.15) is 5.48 Å². The van der Waals surface area contributed by atoms with E-state index in [9.17, 15) is 4.79 Å². The molecule has 0 saturated heterocycles. The number of fused-ring (bicyclic) bond motifs is 2. The first-order valence-electron chi connectivity index (χ1n) is 5.50. The lowest BCUT2D eigenvalue weighted by molar-refractivity contribution is -0.126. The summed E-state index contributed by atoms with van der Waals surface area (Å²) in [7, 11) is 0. The number of carbonyl (C=O) groups excluding carboxylic acids is 1. The second-order valence-electron chi connectivity index (χ2n) is 4.61. The number of carbonyl (C=O) groups is 1. The highest BCUT2D eigenvalue weighted by molar-refractivity contribution is 5.74. The van der Waals surface area contributed by atoms with E-state index in [1.54, 1.807) is 0 Å². The van der Waals surface area contributed by atoms with Crippen LogP contribution in [0.2, 0.25) is 0 Å². The van der Waals surface area contributed by atoms with Crippen LogP contribution in [0.1, 0.15) is 19.8 Å². The Morgan fingerprint density at radius 3 is 2.93 bits per heavy atom. The summed E-state index contributed by atoms with van der Waals surface area (Å²) in [5.41, 5.74) is 7.88. The lowest BCUT2D eigenvalue weighted by atomic mass is 9.88. The minimum atomic E-state index is -0.442. The SMILES string of the molecule is CC(NOCC(N)=O)C1CC2C=CC1C2. The van der Waals surface area contributed by atoms with Crippen molar-refractivity contribution in [3.63, 3.8) is 0 Å². The van der Waals surface area contributed by atoms with Crippen molar-refractivity contribution in [1.82, 2.24) is 5.48 Å². The van der Waals surface area contributed by atoms with Crippen LogP contribution in [0.4, 0.5) is 0 Å². The number of nitrogens with one attached hydrogen (secondary N) is 1. The van der Waals surface area contributed by atoms with Gasteiger partial charge in [0.15, 0.2) is 0 Å². The first-order chi connectivity index (χ1) is 7.16. The third kappa shape index (κ3) is 2.38. The van der Waals surface area contributed by atoms with E-state index in [2.05, 4.69) is 24.6 Å². The minimum Gasteiger partial charge on any atom is -0.368 e. The Morgan fingerprint density at radius 2 is 2.40 bits per heavy atom. The van der Waals surface area contributed by atoms with Crippen molar-refractivity contribution in [1.29, 1.82) is 0 Å². The smallest absolute Gasteiger partial charge is 0.245 e. The molecular weight excluding hydrogens is 192 g/mol. The summed E-state index contributed by atoms with van der Waals surface area (Å²) in [5, 5.41) is 0. The Balaban J connectivity index is 1.74. The van der Waals surface area contributed by atoms with Gasteiger partial charge < -0.3 is 5.73 Å². The fraction of sp³-hybridized carbons (Fsp3) is 0.727. The summed E-state index contributed by atoms with van der Waals surface area (Å²) in [5.74, 6) is 1.64. The summed E-state index contributed by atoms with van der Waals surface area (Å²) in [6, 6.07) is 0.282. The summed E-state index contributed by atoms with van der Waals surface area (Å²) < 4.78 is 0. The number of hydrogen-bond donors (Lipinski definition) is 2. The largest absolute Gasteiger partial charge is 0.368 e. The van der Waals surface area contributed by atoms with Crippen molar-refractivity contribution in [2.24, 2.45) is 23.5 Å². The molecule has 4 nitrogen and oxygen atoms in total. The third-order valence-electron chi connectivity index (χ3n) is 3.46. The summed E-state index contributed by atoms with van der Waals surface area (Å²) in [6.07, 6.45) is 7.14. The zero-order valence-electron chi connectivity index (χ0n) is 8.98. The predicted octanol–water partition coefficient (Wildman–Crippen LogP) is 0.594. The fourth-order valence-electron chi connectivity index (χ4n) is 2.73. The Morgan fingerprint density at radius 1 is 1.60 bits per heavy atom. The maximum Gasteiger partial charge on any atom is 0.245 e. The molecule has 0 aromatic heterocycles. The molecule has 0 heterocycles. The molecule has 1 amide bonds. The average molecular weight is 210 g/mol. The van der Waals surface area contributed by atoms with E-state index in [1.807, 2.05) is 0 Å². The van der Waals surface area contributed by atoms with Crippen LogP contribution in [0, 0.1) is 17.8 Å². The van der Waals surface area contributed by atoms with Crippen LogP contribution in [-0.4, -0.2) is 18.6 Å². The molecule has 2 bridgehead atoms. The minimum absolute atomic E-state index is 0.0546. The highest BCUT2D eigenvalue weighted by Gasteiger charge is 2.38. The lowest BCUT2D eigenvalue weighted by Gasteiger charge is -2.25. The van der Waals surface area contributed by atoms with Crippen LogP contribution >= 0.6 is 0 Å². The van der Waals surface area contributed by atoms with Crippen LogP contribution in [0.15, 0.2) is 12.2 Å². The molecule has 84 valence electrons. The van der Waals surface area contributed by atoms with Gasteiger partial charge in [0.2, 0.25) is 5.91 Å². The zero-order chi connectivity index (χ0) is 10.8. The topological polar surface area (TPSA) is 64.3 Å². The molecule has 0 aromatic rings. The molecule has 2 rings (SSSR count). The number of hydroxylamine groups is 1. The van der Waals surface area contributed by atoms with Gasteiger partial charge in [0.05, 0.1) is 0 Å². The molecule has 0 spiro atoms. The van der Waals surface area contributed by atoms with Crippen LogP contribution in [0.3, 0.4) is 0 Å². The normalized spacial score (nSPS) is 34.6. The van der Waals surface area contributed by atoms with Crippen molar-refractivity contribution >= 4 is 5.91 Å². The van der Waals surface area contributed by atoms with Crippen molar-refractivity contribution in [2.75, 3.05) is 6.61 Å². The van der Waals surface area contributed by atoms with E-state index in [4.69, 9.17) is 10.6 Å². The van der Waals surface area contributed by atoms with E-state index in [-0.39, 0.29) is 12.6 Å². The highest BCUT2D eigenvalue weighted by atomic mass is 16.6. The summed E-state index contributed by atoms with van der Waals surface area (Å²) >= 11 is 0. The van der Waals surface area contributed by atoms with Crippen LogP contribution in [0.25, 0.3) is 0 Å². The molecule has 15 heavy (non-hydrogen) atoms. The van der Waals surface area contributed by atoms with Gasteiger partial charge in [0.25, 0.3) is 0 Å². The maximum absolute atomic E-state index is 10.5. The Hall–Kier alpha value is -0.870. The second-order valence-corrected chi connectivity index (χ2v) is 4.61. The second kappa shape index (κ2) is 4.33. The molecule has 4 atom stereocenters. The molecule has 1 saturated carbocycles. The van der Waals surface area contributed by atoms with Crippen molar-refractivity contribution < 1.29 is 9.63 Å². The van der Waals surface area contributed by atoms with Gasteiger partial charge in [-0.3, -0.25) is 9.63 Å². The van der Waals surface area contributed by atoms with Crippen LogP contribution < -0.4 is 11.2 Å². The van der Waals surface area contributed by atoms with E-state index < -0.39 is 5.91 Å². The number of rotatable bonds is 5. The summed E-state index contributed by atoms with van der Waals surface area (Å²) in [4.78, 5) is 15.5. The lowest BCUT2D eigenvalue weighted by Crippen LogP contribution is -2.37. The van der Waals surface area contributed by atoms with Gasteiger partial charge in [0.1, 0.15) is 6.61 Å². The molecule has 2 aliphatic rings. The summed E-state index contributed by atoms with van der Waals surface area (Å²) in [6.45, 7) is 2.04. The number of amides is 1. The Kier molecular flexibility index (Phi) is 3.07. The number of nitrogens with two attached hydrogens (primary N) is 1. The average Bonchev–Trinajstić information content (AvgIpc) is 2.77. The fourth-order valence-corrected chi connectivity index (χ4v) is 2.73.